The quantitative estimate of drug-likeness (QED) is 0.625. The fourth-order valence-electron chi connectivity index (χ4n) is 2.35. The lowest BCUT2D eigenvalue weighted by Crippen LogP contribution is -2.21. The van der Waals surface area contributed by atoms with Crippen molar-refractivity contribution in [2.24, 2.45) is 7.05 Å². The monoisotopic (exact) mass is 310 g/mol. The highest BCUT2D eigenvalue weighted by molar-refractivity contribution is 6.05. The Labute approximate surface area is 129 Å². The minimum atomic E-state index is -0.571. The zero-order chi connectivity index (χ0) is 16.9. The Hall–Kier alpha value is -2.31. The fraction of sp³-hybridized carbons (Fsp3) is 0.533. The van der Waals surface area contributed by atoms with Crippen LogP contribution in [-0.2, 0) is 27.7 Å². The normalized spacial score (nSPS) is 10.2. The molecule has 1 heterocycles. The summed E-state index contributed by atoms with van der Waals surface area (Å²) in [6.07, 6.45) is 1.17. The standard InChI is InChI=1S/C15H22N2O5/c1-9-12(14(19)21-4)13(15(20)22-5)11(17(9)3)7-6-8-16-10(2)18/h6-8H2,1-5H3,(H,16,18). The van der Waals surface area contributed by atoms with Gasteiger partial charge in [-0.05, 0) is 19.8 Å². The van der Waals surface area contributed by atoms with Gasteiger partial charge in [0.15, 0.2) is 0 Å². The molecule has 1 rings (SSSR count). The van der Waals surface area contributed by atoms with Crippen LogP contribution in [0.1, 0.15) is 45.4 Å². The molecule has 7 heteroatoms. The molecule has 0 spiro atoms. The molecule has 122 valence electrons. The number of nitrogens with one attached hydrogen (secondary N) is 1. The van der Waals surface area contributed by atoms with Gasteiger partial charge in [-0.3, -0.25) is 4.79 Å². The van der Waals surface area contributed by atoms with Gasteiger partial charge >= 0.3 is 11.9 Å². The molecule has 0 aliphatic heterocycles. The number of esters is 2. The third-order valence-corrected chi connectivity index (χ3v) is 3.55. The molecule has 0 aromatic carbocycles. The summed E-state index contributed by atoms with van der Waals surface area (Å²) in [6, 6.07) is 0. The highest BCUT2D eigenvalue weighted by Gasteiger charge is 2.29. The minimum absolute atomic E-state index is 0.105. The zero-order valence-electron chi connectivity index (χ0n) is 13.6. The van der Waals surface area contributed by atoms with Gasteiger partial charge in [-0.2, -0.15) is 0 Å². The number of amides is 1. The highest BCUT2D eigenvalue weighted by atomic mass is 16.5. The number of hydrogen-bond acceptors (Lipinski definition) is 5. The smallest absolute Gasteiger partial charge is 0.340 e. The van der Waals surface area contributed by atoms with E-state index in [1.165, 1.54) is 21.1 Å². The molecule has 1 N–H and O–H groups in total. The van der Waals surface area contributed by atoms with Crippen molar-refractivity contribution < 1.29 is 23.9 Å². The van der Waals surface area contributed by atoms with E-state index in [0.717, 1.165) is 0 Å². The first-order chi connectivity index (χ1) is 10.3. The van der Waals surface area contributed by atoms with Gasteiger partial charge < -0.3 is 19.4 Å². The maximum absolute atomic E-state index is 12.1. The molecule has 1 aromatic rings. The largest absolute Gasteiger partial charge is 0.465 e. The number of carbonyl (C=O) groups is 3. The van der Waals surface area contributed by atoms with Crippen LogP contribution in [0.25, 0.3) is 0 Å². The van der Waals surface area contributed by atoms with Crippen LogP contribution in [0.15, 0.2) is 0 Å². The Morgan fingerprint density at radius 3 is 2.14 bits per heavy atom. The highest BCUT2D eigenvalue weighted by Crippen LogP contribution is 2.24. The summed E-state index contributed by atoms with van der Waals surface area (Å²) in [5, 5.41) is 2.70. The Bertz CT molecular complexity index is 589. The minimum Gasteiger partial charge on any atom is -0.465 e. The van der Waals surface area contributed by atoms with Crippen molar-refractivity contribution in [3.8, 4) is 0 Å². The van der Waals surface area contributed by atoms with Crippen molar-refractivity contribution in [1.82, 2.24) is 9.88 Å². The lowest BCUT2D eigenvalue weighted by molar-refractivity contribution is -0.118. The second-order valence-corrected chi connectivity index (χ2v) is 4.91. The molecule has 0 unspecified atom stereocenters. The molecule has 7 nitrogen and oxygen atoms in total. The van der Waals surface area contributed by atoms with Crippen molar-refractivity contribution in [2.75, 3.05) is 20.8 Å². The molecular weight excluding hydrogens is 288 g/mol. The maximum atomic E-state index is 12.1. The number of methoxy groups -OCH3 is 2. The summed E-state index contributed by atoms with van der Waals surface area (Å²) in [5.41, 5.74) is 1.79. The van der Waals surface area contributed by atoms with E-state index in [4.69, 9.17) is 9.47 Å². The molecule has 0 saturated carbocycles. The maximum Gasteiger partial charge on any atom is 0.340 e. The molecule has 0 saturated heterocycles. The Morgan fingerprint density at radius 1 is 1.09 bits per heavy atom. The second-order valence-electron chi connectivity index (χ2n) is 4.91. The summed E-state index contributed by atoms with van der Waals surface area (Å²) in [4.78, 5) is 34.9. The van der Waals surface area contributed by atoms with Crippen molar-refractivity contribution >= 4 is 17.8 Å². The summed E-state index contributed by atoms with van der Waals surface area (Å²) in [6.45, 7) is 3.69. The number of rotatable bonds is 6. The summed E-state index contributed by atoms with van der Waals surface area (Å²) < 4.78 is 11.3. The molecular formula is C15H22N2O5. The van der Waals surface area contributed by atoms with Crippen molar-refractivity contribution in [2.45, 2.75) is 26.7 Å². The molecule has 22 heavy (non-hydrogen) atoms. The van der Waals surface area contributed by atoms with E-state index in [1.807, 2.05) is 0 Å². The zero-order valence-corrected chi connectivity index (χ0v) is 13.6. The van der Waals surface area contributed by atoms with Crippen LogP contribution >= 0.6 is 0 Å². The molecule has 1 aromatic heterocycles. The van der Waals surface area contributed by atoms with Crippen molar-refractivity contribution in [1.29, 1.82) is 0 Å². The second kappa shape index (κ2) is 7.63. The molecule has 0 aliphatic rings. The summed E-state index contributed by atoms with van der Waals surface area (Å²) in [7, 11) is 4.32. The lowest BCUT2D eigenvalue weighted by atomic mass is 10.1. The molecule has 0 fully saturated rings. The topological polar surface area (TPSA) is 86.6 Å². The summed E-state index contributed by atoms with van der Waals surface area (Å²) >= 11 is 0. The van der Waals surface area contributed by atoms with Gasteiger partial charge in [0, 0.05) is 31.9 Å². The number of ether oxygens (including phenoxy) is 2. The van der Waals surface area contributed by atoms with E-state index in [0.29, 0.717) is 30.8 Å². The first-order valence-corrected chi connectivity index (χ1v) is 6.94. The molecule has 0 bridgehead atoms. The predicted molar refractivity (Wildman–Crippen MR) is 79.8 cm³/mol. The number of aromatic nitrogens is 1. The Balaban J connectivity index is 3.17. The molecule has 0 atom stereocenters. The number of carbonyl (C=O) groups excluding carboxylic acids is 3. The first kappa shape index (κ1) is 17.7. The van der Waals surface area contributed by atoms with E-state index >= 15 is 0 Å². The van der Waals surface area contributed by atoms with Crippen LogP contribution in [0.4, 0.5) is 0 Å². The third-order valence-electron chi connectivity index (χ3n) is 3.55. The number of nitrogens with zero attached hydrogens (tertiary/aromatic N) is 1. The van der Waals surface area contributed by atoms with Gasteiger partial charge in [0.1, 0.15) is 0 Å². The third kappa shape index (κ3) is 3.66. The van der Waals surface area contributed by atoms with Crippen LogP contribution in [0.2, 0.25) is 0 Å². The average molecular weight is 310 g/mol. The van der Waals surface area contributed by atoms with Crippen LogP contribution in [0.3, 0.4) is 0 Å². The summed E-state index contributed by atoms with van der Waals surface area (Å²) in [5.74, 6) is -1.24. The van der Waals surface area contributed by atoms with Crippen LogP contribution in [0.5, 0.6) is 0 Å². The van der Waals surface area contributed by atoms with Gasteiger partial charge in [0.05, 0.1) is 25.3 Å². The van der Waals surface area contributed by atoms with E-state index in [2.05, 4.69) is 5.32 Å². The van der Waals surface area contributed by atoms with Crippen LogP contribution in [0, 0.1) is 6.92 Å². The predicted octanol–water partition coefficient (Wildman–Crippen LogP) is 0.975. The van der Waals surface area contributed by atoms with Gasteiger partial charge in [-0.1, -0.05) is 0 Å². The van der Waals surface area contributed by atoms with Crippen molar-refractivity contribution in [3.05, 3.63) is 22.5 Å². The Morgan fingerprint density at radius 2 is 1.64 bits per heavy atom. The van der Waals surface area contributed by atoms with Gasteiger partial charge in [-0.25, -0.2) is 9.59 Å². The average Bonchev–Trinajstić information content (AvgIpc) is 2.74. The van der Waals surface area contributed by atoms with E-state index in [1.54, 1.807) is 18.5 Å². The van der Waals surface area contributed by atoms with Crippen LogP contribution < -0.4 is 5.32 Å². The van der Waals surface area contributed by atoms with Crippen LogP contribution in [-0.4, -0.2) is 43.2 Å². The van der Waals surface area contributed by atoms with E-state index in [-0.39, 0.29) is 17.0 Å². The Kier molecular flexibility index (Phi) is 6.15. The van der Waals surface area contributed by atoms with Gasteiger partial charge in [-0.15, -0.1) is 0 Å². The SMILES string of the molecule is COC(=O)c1c(C(=O)OC)c(CCCNC(C)=O)n(C)c1C. The molecule has 0 radical (unpaired) electrons. The van der Waals surface area contributed by atoms with E-state index < -0.39 is 11.9 Å². The lowest BCUT2D eigenvalue weighted by Gasteiger charge is -2.08. The first-order valence-electron chi connectivity index (χ1n) is 6.94. The molecule has 0 aliphatic carbocycles. The van der Waals surface area contributed by atoms with Gasteiger partial charge in [0.25, 0.3) is 0 Å². The van der Waals surface area contributed by atoms with E-state index in [9.17, 15) is 14.4 Å². The number of hydrogen-bond donors (Lipinski definition) is 1. The fourth-order valence-corrected chi connectivity index (χ4v) is 2.35. The van der Waals surface area contributed by atoms with Crippen molar-refractivity contribution in [3.63, 3.8) is 0 Å². The van der Waals surface area contributed by atoms with Gasteiger partial charge in [0.2, 0.25) is 5.91 Å². The molecule has 1 amide bonds.